The third-order valence-corrected chi connectivity index (χ3v) is 4.90. The number of aromatic nitrogens is 2. The Morgan fingerprint density at radius 3 is 2.58 bits per heavy atom. The van der Waals surface area contributed by atoms with Crippen LogP contribution in [0, 0.1) is 5.92 Å². The molecule has 0 saturated carbocycles. The van der Waals surface area contributed by atoms with Crippen LogP contribution in [0.1, 0.15) is 33.6 Å². The molecule has 1 fully saturated rings. The van der Waals surface area contributed by atoms with Crippen molar-refractivity contribution in [2.24, 2.45) is 5.92 Å². The Hall–Kier alpha value is -2.08. The summed E-state index contributed by atoms with van der Waals surface area (Å²) in [7, 11) is 0. The number of rotatable bonds is 2. The number of nitrogens with one attached hydrogen (secondary N) is 2. The number of aromatic amines is 1. The molecule has 0 radical (unpaired) electrons. The van der Waals surface area contributed by atoms with Crippen molar-refractivity contribution < 1.29 is 4.79 Å². The van der Waals surface area contributed by atoms with E-state index in [0.29, 0.717) is 23.5 Å². The molecule has 1 aliphatic rings. The lowest BCUT2D eigenvalue weighted by molar-refractivity contribution is 0.0877. The molecule has 1 aromatic carbocycles. The summed E-state index contributed by atoms with van der Waals surface area (Å²) in [4.78, 5) is 29.6. The van der Waals surface area contributed by atoms with Gasteiger partial charge in [-0.05, 0) is 64.8 Å². The summed E-state index contributed by atoms with van der Waals surface area (Å²) >= 11 is 0. The molecule has 3 rings (SSSR count). The number of para-hydroxylation sites is 2. The first-order valence-electron chi connectivity index (χ1n) is 8.59. The quantitative estimate of drug-likeness (QED) is 0.888. The van der Waals surface area contributed by atoms with Crippen LogP contribution in [0.2, 0.25) is 0 Å². The number of fused-ring (bicyclic) bond motifs is 1. The van der Waals surface area contributed by atoms with Gasteiger partial charge in [0.05, 0.1) is 11.0 Å². The fourth-order valence-electron chi connectivity index (χ4n) is 3.38. The molecule has 2 heterocycles. The number of benzene rings is 1. The molecule has 1 aromatic heterocycles. The highest BCUT2D eigenvalue weighted by Crippen LogP contribution is 2.23. The molecular formula is C18H26N4O2. The zero-order chi connectivity index (χ0) is 17.3. The number of hydrogen-bond acceptors (Lipinski definition) is 3. The van der Waals surface area contributed by atoms with E-state index in [-0.39, 0.29) is 11.6 Å². The van der Waals surface area contributed by atoms with Gasteiger partial charge < -0.3 is 10.3 Å². The molecule has 1 aliphatic heterocycles. The van der Waals surface area contributed by atoms with Gasteiger partial charge >= 0.3 is 11.7 Å². The SMILES string of the molecule is CC(C)(C)N1CCC(CNC(=O)n2c(=O)[nH]c3ccccc32)CC1. The van der Waals surface area contributed by atoms with Gasteiger partial charge in [-0.2, -0.15) is 0 Å². The second kappa shape index (κ2) is 6.43. The van der Waals surface area contributed by atoms with Crippen molar-refractivity contribution in [2.45, 2.75) is 39.2 Å². The number of hydrogen-bond donors (Lipinski definition) is 2. The maximum absolute atomic E-state index is 12.4. The average molecular weight is 330 g/mol. The summed E-state index contributed by atoms with van der Waals surface area (Å²) in [5.74, 6) is 0.466. The highest BCUT2D eigenvalue weighted by molar-refractivity contribution is 5.88. The van der Waals surface area contributed by atoms with Gasteiger partial charge in [-0.1, -0.05) is 12.1 Å². The van der Waals surface area contributed by atoms with Crippen molar-refractivity contribution in [1.82, 2.24) is 19.8 Å². The molecule has 2 N–H and O–H groups in total. The maximum atomic E-state index is 12.4. The van der Waals surface area contributed by atoms with E-state index in [2.05, 4.69) is 36.0 Å². The van der Waals surface area contributed by atoms with E-state index < -0.39 is 5.69 Å². The first-order valence-corrected chi connectivity index (χ1v) is 8.59. The molecule has 6 heteroatoms. The van der Waals surface area contributed by atoms with E-state index >= 15 is 0 Å². The van der Waals surface area contributed by atoms with Crippen molar-refractivity contribution in [3.63, 3.8) is 0 Å². The summed E-state index contributed by atoms with van der Waals surface area (Å²) in [5, 5.41) is 2.93. The van der Waals surface area contributed by atoms with Crippen LogP contribution in [0.15, 0.2) is 29.1 Å². The lowest BCUT2D eigenvalue weighted by Crippen LogP contribution is -2.48. The fraction of sp³-hybridized carbons (Fsp3) is 0.556. The second-order valence-electron chi connectivity index (χ2n) is 7.57. The van der Waals surface area contributed by atoms with E-state index in [4.69, 9.17) is 0 Å². The number of carbonyl (C=O) groups excluding carboxylic acids is 1. The number of amides is 1. The highest BCUT2D eigenvalue weighted by atomic mass is 16.2. The summed E-state index contributed by atoms with van der Waals surface area (Å²) in [6.07, 6.45) is 2.14. The summed E-state index contributed by atoms with van der Waals surface area (Å²) in [6.45, 7) is 9.42. The highest BCUT2D eigenvalue weighted by Gasteiger charge is 2.27. The normalized spacial score (nSPS) is 17.3. The molecule has 6 nitrogen and oxygen atoms in total. The predicted octanol–water partition coefficient (Wildman–Crippen LogP) is 2.40. The van der Waals surface area contributed by atoms with Crippen molar-refractivity contribution in [3.8, 4) is 0 Å². The second-order valence-corrected chi connectivity index (χ2v) is 7.57. The lowest BCUT2D eigenvalue weighted by Gasteiger charge is -2.40. The van der Waals surface area contributed by atoms with Gasteiger partial charge in [0.2, 0.25) is 0 Å². The predicted molar refractivity (Wildman–Crippen MR) is 95.4 cm³/mol. The molecule has 24 heavy (non-hydrogen) atoms. The number of imidazole rings is 1. The van der Waals surface area contributed by atoms with Crippen LogP contribution >= 0.6 is 0 Å². The average Bonchev–Trinajstić information content (AvgIpc) is 2.88. The van der Waals surface area contributed by atoms with Crippen molar-refractivity contribution in [2.75, 3.05) is 19.6 Å². The van der Waals surface area contributed by atoms with E-state index in [1.54, 1.807) is 12.1 Å². The Morgan fingerprint density at radius 2 is 1.92 bits per heavy atom. The Morgan fingerprint density at radius 1 is 1.25 bits per heavy atom. The smallest absolute Gasteiger partial charge is 0.334 e. The number of nitrogens with zero attached hydrogens (tertiary/aromatic N) is 2. The van der Waals surface area contributed by atoms with E-state index in [1.165, 1.54) is 4.57 Å². The van der Waals surface area contributed by atoms with Gasteiger partial charge in [0.1, 0.15) is 0 Å². The summed E-state index contributed by atoms with van der Waals surface area (Å²) in [5.41, 5.74) is 1.10. The van der Waals surface area contributed by atoms with Crippen LogP contribution in [0.3, 0.4) is 0 Å². The van der Waals surface area contributed by atoms with Gasteiger partial charge in [-0.3, -0.25) is 4.90 Å². The fourth-order valence-corrected chi connectivity index (χ4v) is 3.38. The third kappa shape index (κ3) is 3.38. The molecule has 0 unspecified atom stereocenters. The zero-order valence-electron chi connectivity index (χ0n) is 14.6. The molecular weight excluding hydrogens is 304 g/mol. The Kier molecular flexibility index (Phi) is 4.49. The molecule has 0 aliphatic carbocycles. The van der Waals surface area contributed by atoms with Crippen molar-refractivity contribution in [3.05, 3.63) is 34.7 Å². The van der Waals surface area contributed by atoms with Crippen LogP contribution in [0.25, 0.3) is 11.0 Å². The Labute approximate surface area is 141 Å². The largest absolute Gasteiger partial charge is 0.337 e. The summed E-state index contributed by atoms with van der Waals surface area (Å²) in [6, 6.07) is 6.87. The van der Waals surface area contributed by atoms with Crippen LogP contribution < -0.4 is 11.0 Å². The number of carbonyl (C=O) groups is 1. The van der Waals surface area contributed by atoms with Crippen LogP contribution in [0.5, 0.6) is 0 Å². The number of piperidine rings is 1. The molecule has 0 spiro atoms. The van der Waals surface area contributed by atoms with Gasteiger partial charge in [0.15, 0.2) is 0 Å². The zero-order valence-corrected chi connectivity index (χ0v) is 14.6. The minimum absolute atomic E-state index is 0.200. The van der Waals surface area contributed by atoms with Gasteiger partial charge in [0.25, 0.3) is 0 Å². The Balaban J connectivity index is 1.60. The summed E-state index contributed by atoms with van der Waals surface area (Å²) < 4.78 is 1.18. The maximum Gasteiger partial charge on any atom is 0.334 e. The van der Waals surface area contributed by atoms with E-state index in [9.17, 15) is 9.59 Å². The first-order chi connectivity index (χ1) is 11.4. The van der Waals surface area contributed by atoms with Crippen LogP contribution in [0.4, 0.5) is 4.79 Å². The van der Waals surface area contributed by atoms with Crippen LogP contribution in [-0.4, -0.2) is 45.7 Å². The minimum atomic E-state index is -0.392. The third-order valence-electron chi connectivity index (χ3n) is 4.90. The lowest BCUT2D eigenvalue weighted by atomic mass is 9.93. The monoisotopic (exact) mass is 330 g/mol. The molecule has 2 aromatic rings. The number of H-pyrrole nitrogens is 1. The van der Waals surface area contributed by atoms with Gasteiger partial charge in [0, 0.05) is 12.1 Å². The van der Waals surface area contributed by atoms with E-state index in [0.717, 1.165) is 25.9 Å². The number of likely N-dealkylation sites (tertiary alicyclic amines) is 1. The van der Waals surface area contributed by atoms with Gasteiger partial charge in [-0.25, -0.2) is 14.2 Å². The molecule has 0 bridgehead atoms. The van der Waals surface area contributed by atoms with E-state index in [1.807, 2.05) is 12.1 Å². The first kappa shape index (κ1) is 16.8. The van der Waals surface area contributed by atoms with Crippen molar-refractivity contribution in [1.29, 1.82) is 0 Å². The molecule has 0 atom stereocenters. The van der Waals surface area contributed by atoms with Gasteiger partial charge in [-0.15, -0.1) is 0 Å². The van der Waals surface area contributed by atoms with Crippen molar-refractivity contribution >= 4 is 17.1 Å². The Bertz CT molecular complexity index is 776. The molecule has 130 valence electrons. The topological polar surface area (TPSA) is 70.1 Å². The molecule has 1 amide bonds. The standard InChI is InChI=1S/C18H26N4O2/c1-18(2,3)21-10-8-13(9-11-21)12-19-16(23)22-15-7-5-4-6-14(15)20-17(22)24/h4-7,13H,8-12H2,1-3H3,(H,19,23)(H,20,24). The molecule has 1 saturated heterocycles. The van der Waals surface area contributed by atoms with Crippen LogP contribution in [-0.2, 0) is 0 Å². The minimum Gasteiger partial charge on any atom is -0.337 e.